The van der Waals surface area contributed by atoms with Crippen molar-refractivity contribution in [2.24, 2.45) is 7.05 Å². The molecule has 7 heteroatoms. The van der Waals surface area contributed by atoms with E-state index in [1.165, 1.54) is 6.08 Å². The van der Waals surface area contributed by atoms with Crippen LogP contribution < -0.4 is 10.1 Å². The fourth-order valence-electron chi connectivity index (χ4n) is 2.19. The molecule has 0 aliphatic heterocycles. The average Bonchev–Trinajstić information content (AvgIpc) is 2.84. The average molecular weight is 343 g/mol. The van der Waals surface area contributed by atoms with Crippen LogP contribution in [0, 0.1) is 13.8 Å². The minimum absolute atomic E-state index is 0.362. The van der Waals surface area contributed by atoms with Crippen LogP contribution in [0.15, 0.2) is 30.3 Å². The summed E-state index contributed by atoms with van der Waals surface area (Å²) in [5.41, 5.74) is 3.00. The van der Waals surface area contributed by atoms with E-state index in [1.807, 2.05) is 19.1 Å². The summed E-state index contributed by atoms with van der Waals surface area (Å²) in [5, 5.41) is 6.91. The number of aromatic nitrogens is 2. The molecule has 0 saturated heterocycles. The summed E-state index contributed by atoms with van der Waals surface area (Å²) < 4.78 is 11.7. The Morgan fingerprint density at radius 2 is 1.92 bits per heavy atom. The highest BCUT2D eigenvalue weighted by molar-refractivity contribution is 5.95. The molecule has 0 atom stereocenters. The molecular formula is C18H21N3O4. The number of esters is 1. The molecule has 2 aromatic rings. The molecule has 0 bridgehead atoms. The van der Waals surface area contributed by atoms with Crippen LogP contribution in [-0.2, 0) is 21.4 Å². The Hall–Kier alpha value is -3.09. The third-order valence-corrected chi connectivity index (χ3v) is 3.65. The van der Waals surface area contributed by atoms with Gasteiger partial charge in [-0.3, -0.25) is 9.48 Å². The maximum Gasteiger partial charge on any atom is 0.331 e. The van der Waals surface area contributed by atoms with Gasteiger partial charge in [0.25, 0.3) is 5.91 Å². The summed E-state index contributed by atoms with van der Waals surface area (Å²) in [6.07, 6.45) is 2.88. The maximum atomic E-state index is 11.9. The predicted molar refractivity (Wildman–Crippen MR) is 94.3 cm³/mol. The van der Waals surface area contributed by atoms with E-state index in [1.54, 1.807) is 44.0 Å². The molecular weight excluding hydrogens is 322 g/mol. The van der Waals surface area contributed by atoms with Gasteiger partial charge >= 0.3 is 5.97 Å². The van der Waals surface area contributed by atoms with Crippen molar-refractivity contribution in [2.45, 2.75) is 13.8 Å². The smallest absolute Gasteiger partial charge is 0.331 e. The number of hydrogen-bond acceptors (Lipinski definition) is 5. The van der Waals surface area contributed by atoms with Crippen molar-refractivity contribution >= 4 is 23.6 Å². The van der Waals surface area contributed by atoms with Crippen LogP contribution in [0.3, 0.4) is 0 Å². The number of aryl methyl sites for hydroxylation is 2. The van der Waals surface area contributed by atoms with E-state index in [0.29, 0.717) is 11.4 Å². The molecule has 0 aliphatic rings. The van der Waals surface area contributed by atoms with E-state index in [9.17, 15) is 9.59 Å². The van der Waals surface area contributed by atoms with Gasteiger partial charge in [-0.25, -0.2) is 4.79 Å². The molecule has 0 fully saturated rings. The van der Waals surface area contributed by atoms with Crippen LogP contribution in [-0.4, -0.2) is 35.4 Å². The number of benzene rings is 1. The predicted octanol–water partition coefficient (Wildman–Crippen LogP) is 2.24. The van der Waals surface area contributed by atoms with E-state index in [-0.39, 0.29) is 6.61 Å². The zero-order chi connectivity index (χ0) is 18.4. The van der Waals surface area contributed by atoms with Crippen molar-refractivity contribution in [1.29, 1.82) is 0 Å². The Bertz CT molecular complexity index is 791. The Morgan fingerprint density at radius 3 is 2.48 bits per heavy atom. The number of carbonyl (C=O) groups is 2. The van der Waals surface area contributed by atoms with E-state index in [2.05, 4.69) is 10.4 Å². The Labute approximate surface area is 146 Å². The van der Waals surface area contributed by atoms with Gasteiger partial charge in [0, 0.05) is 13.1 Å². The van der Waals surface area contributed by atoms with Gasteiger partial charge in [-0.2, -0.15) is 5.10 Å². The van der Waals surface area contributed by atoms with Gasteiger partial charge in [0.15, 0.2) is 6.61 Å². The van der Waals surface area contributed by atoms with Crippen molar-refractivity contribution in [1.82, 2.24) is 9.78 Å². The topological polar surface area (TPSA) is 82.4 Å². The molecule has 0 radical (unpaired) electrons. The molecule has 1 heterocycles. The number of nitrogens with zero attached hydrogens (tertiary/aromatic N) is 2. The lowest BCUT2D eigenvalue weighted by Crippen LogP contribution is -2.20. The first kappa shape index (κ1) is 18.3. The first-order valence-electron chi connectivity index (χ1n) is 7.69. The quantitative estimate of drug-likeness (QED) is 0.642. The van der Waals surface area contributed by atoms with Crippen LogP contribution in [0.1, 0.15) is 17.0 Å². The lowest BCUT2D eigenvalue weighted by atomic mass is 10.2. The second kappa shape index (κ2) is 8.14. The van der Waals surface area contributed by atoms with Gasteiger partial charge in [0.2, 0.25) is 0 Å². The first-order valence-corrected chi connectivity index (χ1v) is 7.69. The molecule has 1 amide bonds. The van der Waals surface area contributed by atoms with E-state index < -0.39 is 11.9 Å². The molecule has 1 N–H and O–H groups in total. The van der Waals surface area contributed by atoms with Crippen molar-refractivity contribution in [2.75, 3.05) is 19.0 Å². The Kier molecular flexibility index (Phi) is 5.94. The van der Waals surface area contributed by atoms with Gasteiger partial charge in [0.05, 0.1) is 24.2 Å². The van der Waals surface area contributed by atoms with Crippen molar-refractivity contribution in [3.63, 3.8) is 0 Å². The monoisotopic (exact) mass is 343 g/mol. The van der Waals surface area contributed by atoms with Crippen LogP contribution >= 0.6 is 0 Å². The van der Waals surface area contributed by atoms with Gasteiger partial charge in [0.1, 0.15) is 5.75 Å². The maximum absolute atomic E-state index is 11.9. The van der Waals surface area contributed by atoms with Gasteiger partial charge < -0.3 is 14.8 Å². The van der Waals surface area contributed by atoms with Gasteiger partial charge in [-0.1, -0.05) is 12.1 Å². The molecule has 0 saturated carbocycles. The lowest BCUT2D eigenvalue weighted by Gasteiger charge is -2.05. The zero-order valence-corrected chi connectivity index (χ0v) is 14.7. The second-order valence-electron chi connectivity index (χ2n) is 5.43. The second-order valence-corrected chi connectivity index (χ2v) is 5.43. The summed E-state index contributed by atoms with van der Waals surface area (Å²) in [6.45, 7) is 3.28. The summed E-state index contributed by atoms with van der Waals surface area (Å²) in [6, 6.07) is 7.20. The van der Waals surface area contributed by atoms with Crippen LogP contribution in [0.4, 0.5) is 5.69 Å². The van der Waals surface area contributed by atoms with Crippen molar-refractivity contribution in [3.8, 4) is 5.75 Å². The largest absolute Gasteiger partial charge is 0.497 e. The molecule has 0 spiro atoms. The number of hydrogen-bond donors (Lipinski definition) is 1. The van der Waals surface area contributed by atoms with Crippen LogP contribution in [0.25, 0.3) is 6.08 Å². The highest BCUT2D eigenvalue weighted by Crippen LogP contribution is 2.18. The van der Waals surface area contributed by atoms with Crippen molar-refractivity contribution in [3.05, 3.63) is 47.3 Å². The highest BCUT2D eigenvalue weighted by atomic mass is 16.5. The molecule has 1 aromatic carbocycles. The van der Waals surface area contributed by atoms with Crippen LogP contribution in [0.2, 0.25) is 0 Å². The number of nitrogens with one attached hydrogen (secondary N) is 1. The summed E-state index contributed by atoms with van der Waals surface area (Å²) >= 11 is 0. The van der Waals surface area contributed by atoms with Gasteiger partial charge in [-0.05, 0) is 37.6 Å². The minimum atomic E-state index is -0.592. The minimum Gasteiger partial charge on any atom is -0.497 e. The Balaban J connectivity index is 1.84. The summed E-state index contributed by atoms with van der Waals surface area (Å²) in [4.78, 5) is 23.6. The third kappa shape index (κ3) is 4.94. The number of methoxy groups -OCH3 is 1. The molecule has 132 valence electrons. The fraction of sp³-hybridized carbons (Fsp3) is 0.278. The zero-order valence-electron chi connectivity index (χ0n) is 14.7. The summed E-state index contributed by atoms with van der Waals surface area (Å²) in [7, 11) is 3.38. The Morgan fingerprint density at radius 1 is 1.24 bits per heavy atom. The number of ether oxygens (including phenoxy) is 2. The normalized spacial score (nSPS) is 10.7. The molecule has 25 heavy (non-hydrogen) atoms. The lowest BCUT2D eigenvalue weighted by molar-refractivity contribution is -0.142. The first-order chi connectivity index (χ1) is 11.9. The van der Waals surface area contributed by atoms with Gasteiger partial charge in [-0.15, -0.1) is 0 Å². The molecule has 0 unspecified atom stereocenters. The van der Waals surface area contributed by atoms with E-state index >= 15 is 0 Å². The molecule has 0 aliphatic carbocycles. The standard InChI is InChI=1S/C18H21N3O4/c1-12-18(13(2)21(3)20-12)19-16(22)11-25-17(23)10-7-14-5-8-15(24-4)9-6-14/h5-10H,11H2,1-4H3,(H,19,22)/b10-7+. The highest BCUT2D eigenvalue weighted by Gasteiger charge is 2.13. The number of carbonyl (C=O) groups excluding carboxylic acids is 2. The molecule has 1 aromatic heterocycles. The SMILES string of the molecule is COc1ccc(/C=C/C(=O)OCC(=O)Nc2c(C)nn(C)c2C)cc1. The van der Waals surface area contributed by atoms with Crippen molar-refractivity contribution < 1.29 is 19.1 Å². The van der Waals surface area contributed by atoms with E-state index in [0.717, 1.165) is 17.0 Å². The molecule has 2 rings (SSSR count). The van der Waals surface area contributed by atoms with Crippen LogP contribution in [0.5, 0.6) is 5.75 Å². The fourth-order valence-corrected chi connectivity index (χ4v) is 2.19. The number of amides is 1. The molecule has 7 nitrogen and oxygen atoms in total. The van der Waals surface area contributed by atoms with E-state index in [4.69, 9.17) is 9.47 Å². The third-order valence-electron chi connectivity index (χ3n) is 3.65. The number of anilines is 1. The summed E-state index contributed by atoms with van der Waals surface area (Å²) in [5.74, 6) is -0.270. The number of rotatable bonds is 6.